The van der Waals surface area contributed by atoms with E-state index in [0.29, 0.717) is 34.1 Å². The summed E-state index contributed by atoms with van der Waals surface area (Å²) in [4.78, 5) is 49.0. The largest absolute Gasteiger partial charge is 0.462 e. The van der Waals surface area contributed by atoms with E-state index in [2.05, 4.69) is 36.1 Å². The average molecular weight is 525 g/mol. The van der Waals surface area contributed by atoms with Gasteiger partial charge in [0, 0.05) is 4.88 Å². The van der Waals surface area contributed by atoms with Gasteiger partial charge >= 0.3 is 5.97 Å². The van der Waals surface area contributed by atoms with Crippen molar-refractivity contribution in [2.24, 2.45) is 11.3 Å². The van der Waals surface area contributed by atoms with Crippen molar-refractivity contribution in [1.29, 1.82) is 0 Å². The Hall–Kier alpha value is -3.11. The van der Waals surface area contributed by atoms with E-state index in [1.165, 1.54) is 27.1 Å². The highest BCUT2D eigenvalue weighted by Gasteiger charge is 2.31. The molecule has 3 heterocycles. The third-order valence-corrected chi connectivity index (χ3v) is 8.82. The molecule has 1 N–H and O–H groups in total. The van der Waals surface area contributed by atoms with Crippen molar-refractivity contribution in [3.8, 4) is 0 Å². The van der Waals surface area contributed by atoms with E-state index in [0.717, 1.165) is 34.4 Å². The van der Waals surface area contributed by atoms with E-state index < -0.39 is 5.97 Å². The maximum atomic E-state index is 13.3. The molecule has 1 amide bonds. The number of carbonyl (C=O) groups is 2. The predicted octanol–water partition coefficient (Wildman–Crippen LogP) is 5.03. The van der Waals surface area contributed by atoms with E-state index in [1.54, 1.807) is 36.5 Å². The second-order valence-corrected chi connectivity index (χ2v) is 12.3. The van der Waals surface area contributed by atoms with Crippen LogP contribution in [0, 0.1) is 11.3 Å². The standard InChI is InChI=1S/C26H28N4O4S2/c1-5-34-24(33)14-6-9-17-19(10-14)36-25(28-17)29-20(31)12-30-13-27-22-21(23(30)32)16-8-7-15(26(2,3)4)11-18(16)35-22/h6,9-10,13,15H,5,7-8,11-12H2,1-4H3,(H,28,29,31). The van der Waals surface area contributed by atoms with E-state index >= 15 is 0 Å². The molecule has 1 aliphatic rings. The Labute approximate surface area is 216 Å². The lowest BCUT2D eigenvalue weighted by Gasteiger charge is -2.33. The van der Waals surface area contributed by atoms with Crippen LogP contribution in [0.2, 0.25) is 0 Å². The third-order valence-electron chi connectivity index (χ3n) is 6.72. The molecule has 36 heavy (non-hydrogen) atoms. The van der Waals surface area contributed by atoms with Gasteiger partial charge in [-0.3, -0.25) is 14.2 Å². The summed E-state index contributed by atoms with van der Waals surface area (Å²) in [5.41, 5.74) is 2.25. The van der Waals surface area contributed by atoms with E-state index in [4.69, 9.17) is 4.74 Å². The lowest BCUT2D eigenvalue weighted by Crippen LogP contribution is -2.29. The van der Waals surface area contributed by atoms with Gasteiger partial charge in [0.25, 0.3) is 5.56 Å². The Balaban J connectivity index is 1.34. The molecule has 188 valence electrons. The molecule has 1 aromatic carbocycles. The van der Waals surface area contributed by atoms with Crippen LogP contribution >= 0.6 is 22.7 Å². The van der Waals surface area contributed by atoms with E-state index in [-0.39, 0.29) is 23.4 Å². The van der Waals surface area contributed by atoms with E-state index in [9.17, 15) is 14.4 Å². The monoisotopic (exact) mass is 524 g/mol. The number of hydrogen-bond acceptors (Lipinski definition) is 8. The van der Waals surface area contributed by atoms with Crippen LogP contribution in [0.3, 0.4) is 0 Å². The van der Waals surface area contributed by atoms with E-state index in [1.807, 2.05) is 0 Å². The fraction of sp³-hybridized carbons (Fsp3) is 0.423. The van der Waals surface area contributed by atoms with Crippen LogP contribution < -0.4 is 10.9 Å². The predicted molar refractivity (Wildman–Crippen MR) is 143 cm³/mol. The number of thiophene rings is 1. The summed E-state index contributed by atoms with van der Waals surface area (Å²) in [6, 6.07) is 5.07. The number of hydrogen-bond donors (Lipinski definition) is 1. The van der Waals surface area contributed by atoms with Crippen molar-refractivity contribution in [3.63, 3.8) is 0 Å². The van der Waals surface area contributed by atoms with Crippen molar-refractivity contribution >= 4 is 60.1 Å². The van der Waals surface area contributed by atoms with Gasteiger partial charge in [-0.05, 0) is 61.3 Å². The number of ether oxygens (including phenoxy) is 1. The minimum absolute atomic E-state index is 0.152. The lowest BCUT2D eigenvalue weighted by atomic mass is 9.72. The van der Waals surface area contributed by atoms with Crippen molar-refractivity contribution in [1.82, 2.24) is 14.5 Å². The van der Waals surface area contributed by atoms with Gasteiger partial charge in [-0.2, -0.15) is 0 Å². The molecule has 0 radical (unpaired) electrons. The Morgan fingerprint density at radius 1 is 1.25 bits per heavy atom. The van der Waals surface area contributed by atoms with Crippen molar-refractivity contribution in [3.05, 3.63) is 50.9 Å². The summed E-state index contributed by atoms with van der Waals surface area (Å²) in [7, 11) is 0. The van der Waals surface area contributed by atoms with Gasteiger partial charge in [-0.15, -0.1) is 11.3 Å². The van der Waals surface area contributed by atoms with Crippen LogP contribution in [0.15, 0.2) is 29.3 Å². The maximum Gasteiger partial charge on any atom is 0.338 e. The lowest BCUT2D eigenvalue weighted by molar-refractivity contribution is -0.116. The number of esters is 1. The summed E-state index contributed by atoms with van der Waals surface area (Å²) in [6.45, 7) is 8.71. The Morgan fingerprint density at radius 3 is 2.81 bits per heavy atom. The van der Waals surface area contributed by atoms with Gasteiger partial charge < -0.3 is 10.1 Å². The summed E-state index contributed by atoms with van der Waals surface area (Å²) in [5, 5.41) is 3.83. The summed E-state index contributed by atoms with van der Waals surface area (Å²) < 4.78 is 7.17. The molecule has 3 aromatic heterocycles. The first-order chi connectivity index (χ1) is 17.1. The number of benzene rings is 1. The second-order valence-electron chi connectivity index (χ2n) is 10.1. The van der Waals surface area contributed by atoms with Crippen LogP contribution in [0.25, 0.3) is 20.4 Å². The molecule has 1 aliphatic carbocycles. The van der Waals surface area contributed by atoms with Crippen molar-refractivity contribution < 1.29 is 14.3 Å². The Morgan fingerprint density at radius 2 is 2.06 bits per heavy atom. The normalized spacial score (nSPS) is 15.7. The molecule has 0 aliphatic heterocycles. The molecular formula is C26H28N4O4S2. The van der Waals surface area contributed by atoms with Gasteiger partial charge in [0.15, 0.2) is 5.13 Å². The SMILES string of the molecule is CCOC(=O)c1ccc2nc(NC(=O)Cn3cnc4sc5c(c4c3=O)CCC(C(C)(C)C)C5)sc2c1. The Bertz CT molecular complexity index is 1540. The molecule has 0 spiro atoms. The molecule has 0 saturated heterocycles. The molecule has 1 atom stereocenters. The third kappa shape index (κ3) is 4.67. The molecule has 5 rings (SSSR count). The summed E-state index contributed by atoms with van der Waals surface area (Å²) in [5.74, 6) is -0.182. The first kappa shape index (κ1) is 24.6. The number of aryl methyl sites for hydroxylation is 1. The smallest absolute Gasteiger partial charge is 0.338 e. The zero-order valence-corrected chi connectivity index (χ0v) is 22.3. The minimum atomic E-state index is -0.398. The fourth-order valence-electron chi connectivity index (χ4n) is 4.69. The molecular weight excluding hydrogens is 496 g/mol. The van der Waals surface area contributed by atoms with Crippen molar-refractivity contribution in [2.45, 2.75) is 53.5 Å². The molecule has 0 fully saturated rings. The van der Waals surface area contributed by atoms with Gasteiger partial charge in [0.05, 0.1) is 34.1 Å². The average Bonchev–Trinajstić information content (AvgIpc) is 3.40. The van der Waals surface area contributed by atoms with Crippen LogP contribution in [-0.4, -0.2) is 33.0 Å². The molecule has 10 heteroatoms. The topological polar surface area (TPSA) is 103 Å². The molecule has 0 bridgehead atoms. The van der Waals surface area contributed by atoms with Gasteiger partial charge in [-0.25, -0.2) is 14.8 Å². The first-order valence-electron chi connectivity index (χ1n) is 12.0. The number of rotatable bonds is 5. The number of aromatic nitrogens is 3. The number of nitrogens with one attached hydrogen (secondary N) is 1. The van der Waals surface area contributed by atoms with Gasteiger partial charge in [0.1, 0.15) is 11.4 Å². The zero-order chi connectivity index (χ0) is 25.6. The van der Waals surface area contributed by atoms with Crippen molar-refractivity contribution in [2.75, 3.05) is 11.9 Å². The highest BCUT2D eigenvalue weighted by Crippen LogP contribution is 2.42. The number of amides is 1. The molecule has 1 unspecified atom stereocenters. The highest BCUT2D eigenvalue weighted by atomic mass is 32.1. The Kier molecular flexibility index (Phi) is 6.42. The highest BCUT2D eigenvalue weighted by molar-refractivity contribution is 7.22. The molecule has 4 aromatic rings. The van der Waals surface area contributed by atoms with Crippen LogP contribution in [0.5, 0.6) is 0 Å². The van der Waals surface area contributed by atoms with Gasteiger partial charge in [0.2, 0.25) is 5.91 Å². The number of nitrogens with zero attached hydrogens (tertiary/aromatic N) is 3. The molecule has 0 saturated carbocycles. The number of anilines is 1. The van der Waals surface area contributed by atoms with Crippen LogP contribution in [0.1, 0.15) is 54.9 Å². The van der Waals surface area contributed by atoms with Crippen LogP contribution in [0.4, 0.5) is 5.13 Å². The minimum Gasteiger partial charge on any atom is -0.462 e. The number of thiazole rings is 1. The fourth-order valence-corrected chi connectivity index (χ4v) is 6.86. The van der Waals surface area contributed by atoms with Crippen LogP contribution in [-0.2, 0) is 28.9 Å². The summed E-state index contributed by atoms with van der Waals surface area (Å²) >= 11 is 2.87. The summed E-state index contributed by atoms with van der Waals surface area (Å²) in [6.07, 6.45) is 4.34. The zero-order valence-electron chi connectivity index (χ0n) is 20.7. The second kappa shape index (κ2) is 9.40. The maximum absolute atomic E-state index is 13.3. The molecule has 8 nitrogen and oxygen atoms in total. The number of carbonyl (C=O) groups excluding carboxylic acids is 2. The number of fused-ring (bicyclic) bond motifs is 4. The van der Waals surface area contributed by atoms with Gasteiger partial charge in [-0.1, -0.05) is 32.1 Å². The first-order valence-corrected chi connectivity index (χ1v) is 13.6. The quantitative estimate of drug-likeness (QED) is 0.367.